The van der Waals surface area contributed by atoms with Crippen LogP contribution >= 0.6 is 0 Å². The second-order valence-electron chi connectivity index (χ2n) is 3.95. The predicted molar refractivity (Wildman–Crippen MR) is 63.8 cm³/mol. The van der Waals surface area contributed by atoms with E-state index >= 15 is 0 Å². The van der Waals surface area contributed by atoms with Crippen LogP contribution in [0.5, 0.6) is 0 Å². The summed E-state index contributed by atoms with van der Waals surface area (Å²) >= 11 is 0. The zero-order chi connectivity index (χ0) is 13.7. The molecule has 0 radical (unpaired) electrons. The molecule has 104 valence electrons. The molecule has 0 aliphatic heterocycles. The standard InChI is InChI=1S/C12H14N2O4.ClH/c1-7(15)11(16)14-9-4-2-8(3-5-9)6-10(13)12(17)18;/h2-5,10H,6,13H2,1H3,(H,14,16)(H,17,18);1H. The van der Waals surface area contributed by atoms with Gasteiger partial charge in [-0.05, 0) is 17.7 Å². The summed E-state index contributed by atoms with van der Waals surface area (Å²) in [6.45, 7) is 1.18. The van der Waals surface area contributed by atoms with Gasteiger partial charge in [-0.1, -0.05) is 12.1 Å². The van der Waals surface area contributed by atoms with E-state index in [1.807, 2.05) is 0 Å². The second kappa shape index (κ2) is 7.50. The Morgan fingerprint density at radius 2 is 1.79 bits per heavy atom. The summed E-state index contributed by atoms with van der Waals surface area (Å²) in [5.74, 6) is -2.20. The average Bonchev–Trinajstić information content (AvgIpc) is 2.31. The van der Waals surface area contributed by atoms with E-state index in [2.05, 4.69) is 11.1 Å². The van der Waals surface area contributed by atoms with Crippen LogP contribution in [-0.2, 0) is 20.8 Å². The highest BCUT2D eigenvalue weighted by Gasteiger charge is 2.16. The van der Waals surface area contributed by atoms with Crippen LogP contribution in [0.1, 0.15) is 12.5 Å². The maximum atomic E-state index is 11.1. The fourth-order valence-electron chi connectivity index (χ4n) is 1.32. The lowest BCUT2D eigenvalue weighted by Crippen LogP contribution is -3.00. The first-order chi connectivity index (χ1) is 8.40. The minimum Gasteiger partial charge on any atom is -1.00 e. The fraction of sp³-hybridized carbons (Fsp3) is 0.250. The van der Waals surface area contributed by atoms with Crippen LogP contribution in [0.3, 0.4) is 0 Å². The Bertz CT molecular complexity index is 473. The van der Waals surface area contributed by atoms with Crippen molar-refractivity contribution in [2.24, 2.45) is 0 Å². The summed E-state index contributed by atoms with van der Waals surface area (Å²) in [4.78, 5) is 32.5. The Kier molecular flexibility index (Phi) is 6.74. The summed E-state index contributed by atoms with van der Waals surface area (Å²) in [5, 5.41) is 11.1. The van der Waals surface area contributed by atoms with Crippen molar-refractivity contribution in [3.8, 4) is 0 Å². The lowest BCUT2D eigenvalue weighted by Gasteiger charge is -2.06. The highest BCUT2D eigenvalue weighted by Crippen LogP contribution is 2.10. The van der Waals surface area contributed by atoms with Crippen LogP contribution in [0.15, 0.2) is 24.3 Å². The van der Waals surface area contributed by atoms with Gasteiger partial charge in [-0.2, -0.15) is 0 Å². The number of halogens is 1. The quantitative estimate of drug-likeness (QED) is 0.487. The van der Waals surface area contributed by atoms with Crippen molar-refractivity contribution in [3.05, 3.63) is 29.8 Å². The van der Waals surface area contributed by atoms with Gasteiger partial charge in [0.15, 0.2) is 6.04 Å². The number of Topliss-reactive ketones (excluding diaryl/α,β-unsaturated/α-hetero) is 1. The van der Waals surface area contributed by atoms with E-state index in [0.717, 1.165) is 5.56 Å². The molecule has 1 rings (SSSR count). The molecule has 1 aromatic carbocycles. The third kappa shape index (κ3) is 5.50. The normalized spacial score (nSPS) is 11.1. The Hall–Kier alpha value is -1.92. The van der Waals surface area contributed by atoms with Crippen molar-refractivity contribution in [2.45, 2.75) is 19.4 Å². The van der Waals surface area contributed by atoms with E-state index in [1.165, 1.54) is 6.92 Å². The van der Waals surface area contributed by atoms with Crippen LogP contribution in [0, 0.1) is 0 Å². The lowest BCUT2D eigenvalue weighted by molar-refractivity contribution is -0.407. The van der Waals surface area contributed by atoms with E-state index in [4.69, 9.17) is 5.11 Å². The molecule has 1 atom stereocenters. The van der Waals surface area contributed by atoms with Crippen LogP contribution < -0.4 is 23.5 Å². The molecule has 1 aromatic rings. The Labute approximate surface area is 116 Å². The average molecular weight is 287 g/mol. The molecule has 0 saturated carbocycles. The van der Waals surface area contributed by atoms with Gasteiger partial charge in [0.2, 0.25) is 5.78 Å². The third-order valence-electron chi connectivity index (χ3n) is 2.36. The molecule has 0 fully saturated rings. The number of nitrogens with one attached hydrogen (secondary N) is 1. The summed E-state index contributed by atoms with van der Waals surface area (Å²) < 4.78 is 0. The van der Waals surface area contributed by atoms with Crippen molar-refractivity contribution in [2.75, 3.05) is 5.32 Å². The van der Waals surface area contributed by atoms with Gasteiger partial charge in [0, 0.05) is 19.0 Å². The van der Waals surface area contributed by atoms with Crippen molar-refractivity contribution in [1.29, 1.82) is 0 Å². The summed E-state index contributed by atoms with van der Waals surface area (Å²) in [6.07, 6.45) is 0.316. The molecule has 0 bridgehead atoms. The smallest absolute Gasteiger partial charge is 0.362 e. The number of carboxylic acid groups (broad SMARTS) is 1. The van der Waals surface area contributed by atoms with Gasteiger partial charge < -0.3 is 28.6 Å². The first-order valence-corrected chi connectivity index (χ1v) is 5.37. The summed E-state index contributed by atoms with van der Waals surface area (Å²) in [5.41, 5.74) is 4.81. The number of carboxylic acids is 1. The van der Waals surface area contributed by atoms with Gasteiger partial charge in [-0.3, -0.25) is 9.59 Å². The van der Waals surface area contributed by atoms with Crippen molar-refractivity contribution in [1.82, 2.24) is 0 Å². The van der Waals surface area contributed by atoms with Gasteiger partial charge in [0.1, 0.15) is 0 Å². The number of aliphatic carboxylic acids is 1. The third-order valence-corrected chi connectivity index (χ3v) is 2.36. The summed E-state index contributed by atoms with van der Waals surface area (Å²) in [6, 6.07) is 5.91. The molecule has 0 aliphatic rings. The fourth-order valence-corrected chi connectivity index (χ4v) is 1.32. The number of carbonyl (C=O) groups is 3. The summed E-state index contributed by atoms with van der Waals surface area (Å²) in [7, 11) is 0. The Balaban J connectivity index is 0.00000324. The molecule has 0 saturated heterocycles. The van der Waals surface area contributed by atoms with Crippen LogP contribution in [0.4, 0.5) is 5.69 Å². The van der Waals surface area contributed by atoms with Gasteiger partial charge in [-0.15, -0.1) is 0 Å². The van der Waals surface area contributed by atoms with Gasteiger partial charge in [0.05, 0.1) is 0 Å². The highest BCUT2D eigenvalue weighted by molar-refractivity contribution is 6.39. The molecular weight excluding hydrogens is 272 g/mol. The molecule has 0 aromatic heterocycles. The van der Waals surface area contributed by atoms with Crippen LogP contribution in [0.25, 0.3) is 0 Å². The molecule has 7 heteroatoms. The number of quaternary nitrogens is 1. The molecule has 19 heavy (non-hydrogen) atoms. The number of carbonyl (C=O) groups excluding carboxylic acids is 2. The second-order valence-corrected chi connectivity index (χ2v) is 3.95. The molecule has 0 spiro atoms. The molecule has 1 unspecified atom stereocenters. The topological polar surface area (TPSA) is 111 Å². The van der Waals surface area contributed by atoms with Crippen molar-refractivity contribution >= 4 is 23.3 Å². The highest BCUT2D eigenvalue weighted by atomic mass is 35.5. The number of rotatable bonds is 5. The molecule has 6 nitrogen and oxygen atoms in total. The van der Waals surface area contributed by atoms with E-state index in [0.29, 0.717) is 12.1 Å². The molecular formula is C12H15ClN2O4. The van der Waals surface area contributed by atoms with E-state index in [9.17, 15) is 14.4 Å². The SMILES string of the molecule is CC(=O)C(=O)Nc1ccc(CC([NH3+])C(=O)O)cc1.[Cl-]. The maximum absolute atomic E-state index is 11.1. The Morgan fingerprint density at radius 1 is 1.26 bits per heavy atom. The monoisotopic (exact) mass is 286 g/mol. The number of hydrogen-bond acceptors (Lipinski definition) is 3. The van der Waals surface area contributed by atoms with E-state index < -0.39 is 23.7 Å². The van der Waals surface area contributed by atoms with Gasteiger partial charge in [-0.25, -0.2) is 4.79 Å². The first kappa shape index (κ1) is 17.1. The lowest BCUT2D eigenvalue weighted by atomic mass is 10.1. The predicted octanol–water partition coefficient (Wildman–Crippen LogP) is -3.54. The molecule has 5 N–H and O–H groups in total. The first-order valence-electron chi connectivity index (χ1n) is 5.37. The minimum atomic E-state index is -0.955. The molecule has 0 heterocycles. The van der Waals surface area contributed by atoms with Crippen molar-refractivity contribution < 1.29 is 37.6 Å². The minimum absolute atomic E-state index is 0. The van der Waals surface area contributed by atoms with Crippen LogP contribution in [0.2, 0.25) is 0 Å². The zero-order valence-corrected chi connectivity index (χ0v) is 11.1. The van der Waals surface area contributed by atoms with Crippen molar-refractivity contribution in [3.63, 3.8) is 0 Å². The molecule has 1 amide bonds. The number of benzene rings is 1. The molecule has 0 aliphatic carbocycles. The number of amides is 1. The zero-order valence-electron chi connectivity index (χ0n) is 10.4. The van der Waals surface area contributed by atoms with Gasteiger partial charge in [0.25, 0.3) is 5.91 Å². The Morgan fingerprint density at radius 3 is 2.21 bits per heavy atom. The largest absolute Gasteiger partial charge is 1.00 e. The number of ketones is 1. The maximum Gasteiger partial charge on any atom is 0.362 e. The van der Waals surface area contributed by atoms with Crippen LogP contribution in [-0.4, -0.2) is 28.8 Å². The van der Waals surface area contributed by atoms with Gasteiger partial charge >= 0.3 is 5.97 Å². The number of anilines is 1. The van der Waals surface area contributed by atoms with E-state index in [1.54, 1.807) is 24.3 Å². The number of hydrogen-bond donors (Lipinski definition) is 3. The van der Waals surface area contributed by atoms with E-state index in [-0.39, 0.29) is 12.4 Å².